The van der Waals surface area contributed by atoms with Gasteiger partial charge in [-0.3, -0.25) is 4.98 Å². The number of thioether (sulfide) groups is 1. The molecule has 0 aliphatic carbocycles. The molecule has 0 bridgehead atoms. The van der Waals surface area contributed by atoms with Crippen LogP contribution in [0.3, 0.4) is 0 Å². The maximum atomic E-state index is 12.5. The Hall–Kier alpha value is -2.13. The molecule has 0 aliphatic heterocycles. The zero-order chi connectivity index (χ0) is 13.7. The van der Waals surface area contributed by atoms with Crippen molar-refractivity contribution in [2.24, 2.45) is 0 Å². The molecule has 96 valence electrons. The number of hydrogen-bond acceptors (Lipinski definition) is 4. The van der Waals surface area contributed by atoms with Crippen LogP contribution in [0.5, 0.6) is 0 Å². The number of alkyl halides is 2. The summed E-state index contributed by atoms with van der Waals surface area (Å²) in [5, 5.41) is 11.9. The van der Waals surface area contributed by atoms with Gasteiger partial charge in [0.2, 0.25) is 0 Å². The molecule has 0 saturated carbocycles. The van der Waals surface area contributed by atoms with Gasteiger partial charge in [-0.1, -0.05) is 23.9 Å². The van der Waals surface area contributed by atoms with Crippen LogP contribution in [0.1, 0.15) is 5.56 Å². The lowest BCUT2D eigenvalue weighted by atomic mass is 10.2. The Morgan fingerprint density at radius 2 is 2.00 bits per heavy atom. The first-order valence-electron chi connectivity index (χ1n) is 5.35. The van der Waals surface area contributed by atoms with Crippen molar-refractivity contribution in [2.45, 2.75) is 10.7 Å². The molecule has 0 radical (unpaired) electrons. The molecule has 0 aliphatic rings. The number of nitriles is 1. The van der Waals surface area contributed by atoms with Crippen molar-refractivity contribution in [3.05, 3.63) is 48.3 Å². The molecular formula is C13H9F2N3S. The first-order valence-corrected chi connectivity index (χ1v) is 6.23. The number of nitrogens with one attached hydrogen (secondary N) is 1. The van der Waals surface area contributed by atoms with Crippen LogP contribution in [0, 0.1) is 11.3 Å². The molecule has 1 heterocycles. The Kier molecular flexibility index (Phi) is 4.31. The third-order valence-corrected chi connectivity index (χ3v) is 3.10. The molecule has 19 heavy (non-hydrogen) atoms. The maximum Gasteiger partial charge on any atom is 0.288 e. The van der Waals surface area contributed by atoms with Crippen molar-refractivity contribution in [1.29, 1.82) is 5.26 Å². The number of nitrogens with zero attached hydrogens (tertiary/aromatic N) is 2. The van der Waals surface area contributed by atoms with Crippen LogP contribution in [-0.4, -0.2) is 10.7 Å². The molecule has 6 heteroatoms. The Morgan fingerprint density at radius 1 is 1.21 bits per heavy atom. The molecular weight excluding hydrogens is 268 g/mol. The summed E-state index contributed by atoms with van der Waals surface area (Å²) in [6.45, 7) is 0. The Morgan fingerprint density at radius 3 is 2.74 bits per heavy atom. The van der Waals surface area contributed by atoms with Crippen LogP contribution in [0.25, 0.3) is 0 Å². The van der Waals surface area contributed by atoms with Gasteiger partial charge < -0.3 is 5.32 Å². The second-order valence-corrected chi connectivity index (χ2v) is 4.56. The summed E-state index contributed by atoms with van der Waals surface area (Å²) in [4.78, 5) is 4.33. The number of benzene rings is 1. The number of hydrogen-bond donors (Lipinski definition) is 1. The number of halogens is 2. The molecule has 1 N–H and O–H groups in total. The van der Waals surface area contributed by atoms with Gasteiger partial charge in [0, 0.05) is 11.1 Å². The van der Waals surface area contributed by atoms with Gasteiger partial charge in [-0.15, -0.1) is 0 Å². The van der Waals surface area contributed by atoms with Crippen molar-refractivity contribution in [1.82, 2.24) is 4.98 Å². The smallest absolute Gasteiger partial charge is 0.288 e. The minimum absolute atomic E-state index is 0.409. The van der Waals surface area contributed by atoms with Gasteiger partial charge in [0.15, 0.2) is 0 Å². The Balaban J connectivity index is 2.31. The number of pyridine rings is 1. The molecule has 0 saturated heterocycles. The summed E-state index contributed by atoms with van der Waals surface area (Å²) in [5.41, 5.74) is 1.43. The average molecular weight is 277 g/mol. The fourth-order valence-corrected chi connectivity index (χ4v) is 2.10. The lowest BCUT2D eigenvalue weighted by Gasteiger charge is -2.11. The Labute approximate surface area is 113 Å². The lowest BCUT2D eigenvalue weighted by molar-refractivity contribution is 0.252. The van der Waals surface area contributed by atoms with Gasteiger partial charge in [0.1, 0.15) is 6.07 Å². The fourth-order valence-electron chi connectivity index (χ4n) is 1.51. The highest BCUT2D eigenvalue weighted by atomic mass is 32.2. The van der Waals surface area contributed by atoms with Gasteiger partial charge in [0.25, 0.3) is 5.76 Å². The van der Waals surface area contributed by atoms with E-state index in [4.69, 9.17) is 5.26 Å². The number of para-hydroxylation sites is 1. The molecule has 1 aromatic carbocycles. The van der Waals surface area contributed by atoms with E-state index in [2.05, 4.69) is 10.3 Å². The van der Waals surface area contributed by atoms with Gasteiger partial charge in [-0.05, 0) is 18.2 Å². The molecule has 0 atom stereocenters. The van der Waals surface area contributed by atoms with Crippen molar-refractivity contribution in [3.63, 3.8) is 0 Å². The minimum Gasteiger partial charge on any atom is -0.352 e. The highest BCUT2D eigenvalue weighted by Gasteiger charge is 2.10. The second kappa shape index (κ2) is 6.16. The molecule has 0 unspecified atom stereocenters. The largest absolute Gasteiger partial charge is 0.352 e. The summed E-state index contributed by atoms with van der Waals surface area (Å²) < 4.78 is 24.9. The van der Waals surface area contributed by atoms with Crippen molar-refractivity contribution in [3.8, 4) is 6.07 Å². The molecule has 0 fully saturated rings. The zero-order valence-electron chi connectivity index (χ0n) is 9.68. The third-order valence-electron chi connectivity index (χ3n) is 2.31. The van der Waals surface area contributed by atoms with Crippen LogP contribution in [-0.2, 0) is 0 Å². The predicted molar refractivity (Wildman–Crippen MR) is 70.5 cm³/mol. The highest BCUT2D eigenvalue weighted by Crippen LogP contribution is 2.33. The van der Waals surface area contributed by atoms with E-state index in [1.165, 1.54) is 12.4 Å². The number of anilines is 2. The van der Waals surface area contributed by atoms with Crippen molar-refractivity contribution in [2.75, 3.05) is 5.32 Å². The van der Waals surface area contributed by atoms with Gasteiger partial charge in [-0.2, -0.15) is 14.0 Å². The molecule has 1 aromatic heterocycles. The van der Waals surface area contributed by atoms with E-state index < -0.39 is 5.76 Å². The van der Waals surface area contributed by atoms with E-state index in [1.54, 1.807) is 30.3 Å². The minimum atomic E-state index is -2.49. The van der Waals surface area contributed by atoms with E-state index in [-0.39, 0.29) is 0 Å². The molecule has 0 spiro atoms. The van der Waals surface area contributed by atoms with Crippen LogP contribution < -0.4 is 5.32 Å². The molecule has 2 aromatic rings. The summed E-state index contributed by atoms with van der Waals surface area (Å²) in [6.07, 6.45) is 2.99. The van der Waals surface area contributed by atoms with Gasteiger partial charge in [-0.25, -0.2) is 0 Å². The SMILES string of the molecule is N#Cc1ccncc1Nc1ccccc1SC(F)F. The third kappa shape index (κ3) is 3.42. The second-order valence-electron chi connectivity index (χ2n) is 3.53. The quantitative estimate of drug-likeness (QED) is 0.858. The number of rotatable bonds is 4. The summed E-state index contributed by atoms with van der Waals surface area (Å²) in [7, 11) is 0. The van der Waals surface area contributed by atoms with E-state index in [0.717, 1.165) is 0 Å². The zero-order valence-corrected chi connectivity index (χ0v) is 10.5. The van der Waals surface area contributed by atoms with Crippen LogP contribution in [0.4, 0.5) is 20.2 Å². The Bertz CT molecular complexity index is 611. The average Bonchev–Trinajstić information content (AvgIpc) is 2.41. The van der Waals surface area contributed by atoms with Crippen LogP contribution >= 0.6 is 11.8 Å². The summed E-state index contributed by atoms with van der Waals surface area (Å²) >= 11 is 0.459. The first-order chi connectivity index (χ1) is 9.20. The monoisotopic (exact) mass is 277 g/mol. The van der Waals surface area contributed by atoms with E-state index in [1.807, 2.05) is 6.07 Å². The first kappa shape index (κ1) is 13.3. The fraction of sp³-hybridized carbons (Fsp3) is 0.0769. The predicted octanol–water partition coefficient (Wildman–Crippen LogP) is 4.01. The molecule has 3 nitrogen and oxygen atoms in total. The van der Waals surface area contributed by atoms with E-state index in [9.17, 15) is 8.78 Å². The summed E-state index contributed by atoms with van der Waals surface area (Å²) in [6, 6.07) is 10.3. The highest BCUT2D eigenvalue weighted by molar-refractivity contribution is 7.99. The number of aromatic nitrogens is 1. The van der Waals surface area contributed by atoms with Gasteiger partial charge >= 0.3 is 0 Å². The maximum absolute atomic E-state index is 12.5. The normalized spacial score (nSPS) is 10.2. The van der Waals surface area contributed by atoms with Crippen LogP contribution in [0.2, 0.25) is 0 Å². The molecule has 2 rings (SSSR count). The van der Waals surface area contributed by atoms with E-state index in [0.29, 0.717) is 33.6 Å². The van der Waals surface area contributed by atoms with Gasteiger partial charge in [0.05, 0.1) is 23.1 Å². The van der Waals surface area contributed by atoms with Crippen LogP contribution in [0.15, 0.2) is 47.6 Å². The standard InChI is InChI=1S/C13H9F2N3S/c14-13(15)19-12-4-2-1-3-10(12)18-11-8-17-6-5-9(11)7-16/h1-6,8,13,18H. The van der Waals surface area contributed by atoms with Crippen molar-refractivity contribution < 1.29 is 8.78 Å². The van der Waals surface area contributed by atoms with Crippen molar-refractivity contribution >= 4 is 23.1 Å². The topological polar surface area (TPSA) is 48.7 Å². The summed E-state index contributed by atoms with van der Waals surface area (Å²) in [5.74, 6) is -2.49. The molecule has 0 amide bonds. The lowest BCUT2D eigenvalue weighted by Crippen LogP contribution is -1.96. The van der Waals surface area contributed by atoms with E-state index >= 15 is 0 Å².